The van der Waals surface area contributed by atoms with Gasteiger partial charge in [0, 0.05) is 29.5 Å². The fraction of sp³-hybridized carbons (Fsp3) is 0.368. The number of thioether (sulfide) groups is 2. The summed E-state index contributed by atoms with van der Waals surface area (Å²) in [6.07, 6.45) is 5.93. The van der Waals surface area contributed by atoms with Crippen molar-refractivity contribution < 1.29 is 9.66 Å². The van der Waals surface area contributed by atoms with Crippen molar-refractivity contribution in [2.75, 3.05) is 18.6 Å². The highest BCUT2D eigenvalue weighted by atomic mass is 35.5. The number of ether oxygens (including phenoxy) is 1. The van der Waals surface area contributed by atoms with Crippen LogP contribution >= 0.6 is 35.1 Å². The molecule has 0 atom stereocenters. The van der Waals surface area contributed by atoms with Crippen LogP contribution in [0, 0.1) is 10.1 Å². The van der Waals surface area contributed by atoms with Crippen LogP contribution in [0.4, 0.5) is 0 Å². The molecule has 0 spiro atoms. The number of rotatable bonds is 12. The number of allylic oxidation sites excluding steroid dienone is 1. The van der Waals surface area contributed by atoms with E-state index in [1.807, 2.05) is 18.2 Å². The maximum atomic E-state index is 10.9. The van der Waals surface area contributed by atoms with Gasteiger partial charge in [-0.2, -0.15) is 23.5 Å². The molecule has 0 aromatic carbocycles. The summed E-state index contributed by atoms with van der Waals surface area (Å²) in [5.74, 6) is 3.74. The number of halogens is 1. The molecular formula is C19H22ClN3O3S2. The minimum atomic E-state index is -0.373. The third-order valence-corrected chi connectivity index (χ3v) is 6.09. The van der Waals surface area contributed by atoms with Gasteiger partial charge in [-0.1, -0.05) is 11.6 Å². The molecule has 150 valence electrons. The molecule has 28 heavy (non-hydrogen) atoms. The van der Waals surface area contributed by atoms with E-state index in [-0.39, 0.29) is 4.92 Å². The van der Waals surface area contributed by atoms with Gasteiger partial charge in [0.05, 0.1) is 28.4 Å². The highest BCUT2D eigenvalue weighted by molar-refractivity contribution is 7.98. The highest BCUT2D eigenvalue weighted by Crippen LogP contribution is 2.24. The Labute approximate surface area is 178 Å². The van der Waals surface area contributed by atoms with E-state index in [0.29, 0.717) is 29.4 Å². The highest BCUT2D eigenvalue weighted by Gasteiger charge is 2.08. The van der Waals surface area contributed by atoms with Crippen LogP contribution in [0.3, 0.4) is 0 Å². The Morgan fingerprint density at radius 3 is 2.36 bits per heavy atom. The SMILES string of the molecule is COc1cccnc1CSCC/C(=C/[N+](=O)[O-])CCSCc1ncccc1Cl. The largest absolute Gasteiger partial charge is 0.495 e. The van der Waals surface area contributed by atoms with Crippen LogP contribution in [-0.2, 0) is 11.5 Å². The summed E-state index contributed by atoms with van der Waals surface area (Å²) in [4.78, 5) is 19.1. The van der Waals surface area contributed by atoms with Crippen LogP contribution in [0.1, 0.15) is 24.2 Å². The quantitative estimate of drug-likeness (QED) is 0.254. The molecule has 2 aromatic rings. The Bertz CT molecular complexity index is 805. The van der Waals surface area contributed by atoms with E-state index >= 15 is 0 Å². The number of aromatic nitrogens is 2. The van der Waals surface area contributed by atoms with E-state index < -0.39 is 0 Å². The maximum Gasteiger partial charge on any atom is 0.233 e. The fourth-order valence-electron chi connectivity index (χ4n) is 2.39. The maximum absolute atomic E-state index is 10.9. The molecule has 0 aliphatic heterocycles. The van der Waals surface area contributed by atoms with Gasteiger partial charge in [0.2, 0.25) is 6.20 Å². The lowest BCUT2D eigenvalue weighted by Crippen LogP contribution is -1.97. The van der Waals surface area contributed by atoms with E-state index in [1.54, 1.807) is 49.1 Å². The Hall–Kier alpha value is -1.77. The van der Waals surface area contributed by atoms with E-state index in [1.165, 1.54) is 0 Å². The molecule has 9 heteroatoms. The minimum absolute atomic E-state index is 0.373. The third kappa shape index (κ3) is 8.08. The topological polar surface area (TPSA) is 78.2 Å². The van der Waals surface area contributed by atoms with Crippen LogP contribution in [0.2, 0.25) is 5.02 Å². The minimum Gasteiger partial charge on any atom is -0.495 e. The van der Waals surface area contributed by atoms with Crippen molar-refractivity contribution in [3.63, 3.8) is 0 Å². The lowest BCUT2D eigenvalue weighted by molar-refractivity contribution is -0.403. The molecule has 0 fully saturated rings. The molecule has 6 nitrogen and oxygen atoms in total. The monoisotopic (exact) mass is 439 g/mol. The van der Waals surface area contributed by atoms with Gasteiger partial charge in [-0.25, -0.2) is 0 Å². The number of hydrogen-bond acceptors (Lipinski definition) is 7. The van der Waals surface area contributed by atoms with Crippen molar-refractivity contribution in [3.05, 3.63) is 75.0 Å². The third-order valence-electron chi connectivity index (χ3n) is 3.80. The molecule has 0 aliphatic carbocycles. The van der Waals surface area contributed by atoms with Gasteiger partial charge in [0.25, 0.3) is 0 Å². The van der Waals surface area contributed by atoms with Gasteiger partial charge in [-0.05, 0) is 48.6 Å². The molecule has 0 aliphatic rings. The average Bonchev–Trinajstić information content (AvgIpc) is 2.69. The molecule has 0 unspecified atom stereocenters. The summed E-state index contributed by atoms with van der Waals surface area (Å²) in [6.45, 7) is 0. The molecule has 0 bridgehead atoms. The molecule has 2 aromatic heterocycles. The smallest absolute Gasteiger partial charge is 0.233 e. The van der Waals surface area contributed by atoms with E-state index in [2.05, 4.69) is 9.97 Å². The summed E-state index contributed by atoms with van der Waals surface area (Å²) in [5, 5.41) is 11.6. The van der Waals surface area contributed by atoms with Crippen molar-refractivity contribution in [1.82, 2.24) is 9.97 Å². The zero-order chi connectivity index (χ0) is 20.2. The first kappa shape index (κ1) is 22.5. The first-order valence-electron chi connectivity index (χ1n) is 8.66. The van der Waals surface area contributed by atoms with Crippen LogP contribution < -0.4 is 4.74 Å². The molecule has 0 saturated heterocycles. The van der Waals surface area contributed by atoms with Gasteiger partial charge in [-0.15, -0.1) is 0 Å². The van der Waals surface area contributed by atoms with Crippen molar-refractivity contribution in [2.24, 2.45) is 0 Å². The summed E-state index contributed by atoms with van der Waals surface area (Å²) in [5.41, 5.74) is 2.57. The summed E-state index contributed by atoms with van der Waals surface area (Å²) in [6, 6.07) is 7.33. The van der Waals surface area contributed by atoms with Gasteiger partial charge in [-0.3, -0.25) is 20.1 Å². The van der Waals surface area contributed by atoms with Crippen LogP contribution in [0.5, 0.6) is 5.75 Å². The molecule has 2 rings (SSSR count). The van der Waals surface area contributed by atoms with E-state index in [0.717, 1.165) is 40.4 Å². The second kappa shape index (κ2) is 12.6. The second-order valence-corrected chi connectivity index (χ2v) is 8.38. The molecule has 0 saturated carbocycles. The average molecular weight is 440 g/mol. The Balaban J connectivity index is 1.75. The van der Waals surface area contributed by atoms with Crippen molar-refractivity contribution in [2.45, 2.75) is 24.3 Å². The van der Waals surface area contributed by atoms with Crippen LogP contribution in [0.25, 0.3) is 0 Å². The van der Waals surface area contributed by atoms with Crippen molar-refractivity contribution in [1.29, 1.82) is 0 Å². The first-order valence-corrected chi connectivity index (χ1v) is 11.3. The standard InChI is InChI=1S/C19H22ClN3O3S2/c1-26-19-5-3-9-22-18(19)14-28-11-7-15(12-23(24)25)6-10-27-13-17-16(20)4-2-8-21-17/h2-5,8-9,12H,6-7,10-11,13-14H2,1H3/b15-12+. The number of hydrogen-bond donors (Lipinski definition) is 0. The van der Waals surface area contributed by atoms with Crippen molar-refractivity contribution >= 4 is 35.1 Å². The molecular weight excluding hydrogens is 418 g/mol. The molecule has 0 N–H and O–H groups in total. The Morgan fingerprint density at radius 1 is 1.14 bits per heavy atom. The van der Waals surface area contributed by atoms with Gasteiger partial charge in [0.1, 0.15) is 5.75 Å². The fourth-order valence-corrected chi connectivity index (χ4v) is 4.59. The second-order valence-electron chi connectivity index (χ2n) is 5.76. The van der Waals surface area contributed by atoms with Gasteiger partial charge < -0.3 is 4.74 Å². The predicted octanol–water partition coefficient (Wildman–Crippen LogP) is 5.25. The van der Waals surface area contributed by atoms with Gasteiger partial charge >= 0.3 is 0 Å². The van der Waals surface area contributed by atoms with Crippen LogP contribution in [-0.4, -0.2) is 33.5 Å². The van der Waals surface area contributed by atoms with E-state index in [4.69, 9.17) is 16.3 Å². The number of nitrogens with zero attached hydrogens (tertiary/aromatic N) is 3. The lowest BCUT2D eigenvalue weighted by Gasteiger charge is -2.08. The molecule has 2 heterocycles. The normalized spacial score (nSPS) is 11.4. The number of pyridine rings is 2. The summed E-state index contributed by atoms with van der Waals surface area (Å²) < 4.78 is 5.29. The predicted molar refractivity (Wildman–Crippen MR) is 117 cm³/mol. The van der Waals surface area contributed by atoms with Gasteiger partial charge in [0.15, 0.2) is 0 Å². The van der Waals surface area contributed by atoms with Crippen LogP contribution in [0.15, 0.2) is 48.4 Å². The zero-order valence-corrected chi connectivity index (χ0v) is 17.9. The lowest BCUT2D eigenvalue weighted by atomic mass is 10.2. The number of nitro groups is 1. The summed E-state index contributed by atoms with van der Waals surface area (Å²) in [7, 11) is 1.62. The Morgan fingerprint density at radius 2 is 1.75 bits per heavy atom. The Kier molecular flexibility index (Phi) is 10.2. The summed E-state index contributed by atoms with van der Waals surface area (Å²) >= 11 is 9.46. The zero-order valence-electron chi connectivity index (χ0n) is 15.5. The molecule has 0 radical (unpaired) electrons. The first-order chi connectivity index (χ1) is 13.6. The molecule has 0 amide bonds. The van der Waals surface area contributed by atoms with E-state index in [9.17, 15) is 10.1 Å². The number of methoxy groups -OCH3 is 1. The van der Waals surface area contributed by atoms with Crippen molar-refractivity contribution in [3.8, 4) is 5.75 Å².